The first-order valence-corrected chi connectivity index (χ1v) is 7.43. The minimum atomic E-state index is -0.190. The predicted octanol–water partition coefficient (Wildman–Crippen LogP) is 3.94. The van der Waals surface area contributed by atoms with Crippen LogP contribution in [0.1, 0.15) is 42.3 Å². The summed E-state index contributed by atoms with van der Waals surface area (Å²) < 4.78 is 0. The first kappa shape index (κ1) is 16.0. The van der Waals surface area contributed by atoms with Crippen molar-refractivity contribution in [3.63, 3.8) is 0 Å². The van der Waals surface area contributed by atoms with Crippen LogP contribution in [0, 0.1) is 0 Å². The lowest BCUT2D eigenvalue weighted by molar-refractivity contribution is 0.0955. The zero-order valence-corrected chi connectivity index (χ0v) is 13.3. The van der Waals surface area contributed by atoms with Gasteiger partial charge >= 0.3 is 0 Å². The minimum absolute atomic E-state index is 0.0862. The highest BCUT2D eigenvalue weighted by molar-refractivity contribution is 5.94. The van der Waals surface area contributed by atoms with Crippen molar-refractivity contribution >= 4 is 12.1 Å². The first-order chi connectivity index (χ1) is 10.5. The smallest absolute Gasteiger partial charge is 0.267 e. The molecule has 0 bridgehead atoms. The van der Waals surface area contributed by atoms with Gasteiger partial charge in [-0.1, -0.05) is 63.2 Å². The molecule has 0 saturated carbocycles. The van der Waals surface area contributed by atoms with E-state index in [1.54, 1.807) is 6.21 Å². The van der Waals surface area contributed by atoms with E-state index in [9.17, 15) is 4.79 Å². The number of benzene rings is 2. The van der Waals surface area contributed by atoms with Crippen molar-refractivity contribution in [3.8, 4) is 0 Å². The number of hydrogen-bond acceptors (Lipinski definition) is 2. The summed E-state index contributed by atoms with van der Waals surface area (Å²) in [6.45, 7) is 6.45. The number of hydrogen-bond donors (Lipinski definition) is 1. The molecule has 0 saturated heterocycles. The molecule has 0 aliphatic heterocycles. The summed E-state index contributed by atoms with van der Waals surface area (Å²) >= 11 is 0. The fourth-order valence-electron chi connectivity index (χ4n) is 2.06. The Bertz CT molecular complexity index is 637. The second-order valence-corrected chi connectivity index (χ2v) is 6.27. The van der Waals surface area contributed by atoms with Gasteiger partial charge in [-0.15, -0.1) is 0 Å². The van der Waals surface area contributed by atoms with Gasteiger partial charge in [0.2, 0.25) is 0 Å². The summed E-state index contributed by atoms with van der Waals surface area (Å²) in [7, 11) is 0. The maximum absolute atomic E-state index is 12.0. The molecule has 0 fully saturated rings. The Kier molecular flexibility index (Phi) is 5.10. The molecular weight excluding hydrogens is 272 g/mol. The van der Waals surface area contributed by atoms with Gasteiger partial charge in [-0.25, -0.2) is 5.43 Å². The quantitative estimate of drug-likeness (QED) is 0.673. The van der Waals surface area contributed by atoms with Crippen LogP contribution in [-0.4, -0.2) is 12.1 Å². The van der Waals surface area contributed by atoms with Crippen LogP contribution in [0.5, 0.6) is 0 Å². The van der Waals surface area contributed by atoms with Gasteiger partial charge in [-0.05, 0) is 28.7 Å². The summed E-state index contributed by atoms with van der Waals surface area (Å²) in [6, 6.07) is 17.6. The molecule has 3 heteroatoms. The average molecular weight is 294 g/mol. The van der Waals surface area contributed by atoms with E-state index in [1.807, 2.05) is 54.6 Å². The molecule has 0 aliphatic carbocycles. The zero-order valence-electron chi connectivity index (χ0n) is 13.3. The molecule has 0 aliphatic rings. The van der Waals surface area contributed by atoms with Crippen LogP contribution in [0.4, 0.5) is 0 Å². The average Bonchev–Trinajstić information content (AvgIpc) is 2.52. The van der Waals surface area contributed by atoms with Crippen LogP contribution < -0.4 is 5.43 Å². The highest BCUT2D eigenvalue weighted by atomic mass is 16.2. The lowest BCUT2D eigenvalue weighted by Gasteiger charge is -2.18. The molecule has 114 valence electrons. The monoisotopic (exact) mass is 294 g/mol. The van der Waals surface area contributed by atoms with E-state index in [1.165, 1.54) is 5.56 Å². The summed E-state index contributed by atoms with van der Waals surface area (Å²) in [5.74, 6) is -0.190. The summed E-state index contributed by atoms with van der Waals surface area (Å²) in [5, 5.41) is 3.99. The molecule has 2 aromatic rings. The van der Waals surface area contributed by atoms with Crippen LogP contribution >= 0.6 is 0 Å². The number of amides is 1. The van der Waals surface area contributed by atoms with Crippen molar-refractivity contribution in [3.05, 3.63) is 71.3 Å². The van der Waals surface area contributed by atoms with Crippen molar-refractivity contribution in [2.24, 2.45) is 5.10 Å². The number of nitrogens with one attached hydrogen (secondary N) is 1. The number of rotatable bonds is 4. The fourth-order valence-corrected chi connectivity index (χ4v) is 2.06. The normalized spacial score (nSPS) is 11.6. The Balaban J connectivity index is 1.89. The van der Waals surface area contributed by atoms with E-state index in [-0.39, 0.29) is 11.3 Å². The maximum atomic E-state index is 12.0. The maximum Gasteiger partial charge on any atom is 0.271 e. The van der Waals surface area contributed by atoms with Gasteiger partial charge in [0.1, 0.15) is 0 Å². The van der Waals surface area contributed by atoms with E-state index < -0.39 is 0 Å². The molecule has 1 amide bonds. The lowest BCUT2D eigenvalue weighted by Crippen LogP contribution is -2.18. The summed E-state index contributed by atoms with van der Waals surface area (Å²) in [6.07, 6.45) is 2.40. The molecule has 0 radical (unpaired) electrons. The van der Waals surface area contributed by atoms with E-state index in [4.69, 9.17) is 0 Å². The fraction of sp³-hybridized carbons (Fsp3) is 0.263. The highest BCUT2D eigenvalue weighted by Crippen LogP contribution is 2.22. The predicted molar refractivity (Wildman–Crippen MR) is 91.2 cm³/mol. The highest BCUT2D eigenvalue weighted by Gasteiger charge is 2.13. The second kappa shape index (κ2) is 7.03. The van der Waals surface area contributed by atoms with Crippen molar-refractivity contribution in [1.82, 2.24) is 5.43 Å². The molecule has 0 aromatic heterocycles. The number of nitrogens with zero attached hydrogens (tertiary/aromatic N) is 1. The zero-order chi connectivity index (χ0) is 16.0. The molecule has 0 spiro atoms. The van der Waals surface area contributed by atoms with Gasteiger partial charge in [0.05, 0.1) is 0 Å². The van der Waals surface area contributed by atoms with Crippen LogP contribution in [0.15, 0.2) is 59.7 Å². The van der Waals surface area contributed by atoms with Crippen molar-refractivity contribution < 1.29 is 4.79 Å². The van der Waals surface area contributed by atoms with Crippen LogP contribution in [-0.2, 0) is 11.8 Å². The molecule has 2 rings (SSSR count). The van der Waals surface area contributed by atoms with E-state index in [0.29, 0.717) is 12.0 Å². The topological polar surface area (TPSA) is 41.5 Å². The molecule has 1 N–H and O–H groups in total. The molecule has 0 heterocycles. The lowest BCUT2D eigenvalue weighted by atomic mass is 9.87. The third-order valence-corrected chi connectivity index (χ3v) is 3.44. The summed E-state index contributed by atoms with van der Waals surface area (Å²) in [4.78, 5) is 12.0. The molecule has 22 heavy (non-hydrogen) atoms. The Labute approximate surface area is 132 Å². The van der Waals surface area contributed by atoms with Crippen LogP contribution in [0.25, 0.3) is 0 Å². The van der Waals surface area contributed by atoms with Gasteiger partial charge in [0.15, 0.2) is 0 Å². The van der Waals surface area contributed by atoms with Crippen LogP contribution in [0.3, 0.4) is 0 Å². The van der Waals surface area contributed by atoms with Crippen molar-refractivity contribution in [2.75, 3.05) is 0 Å². The Morgan fingerprint density at radius 1 is 1.05 bits per heavy atom. The molecule has 2 aromatic carbocycles. The molecular formula is C19H22N2O. The Morgan fingerprint density at radius 2 is 1.68 bits per heavy atom. The van der Waals surface area contributed by atoms with Gasteiger partial charge in [-0.2, -0.15) is 5.10 Å². The second-order valence-electron chi connectivity index (χ2n) is 6.27. The van der Waals surface area contributed by atoms with Gasteiger partial charge < -0.3 is 0 Å². The number of carbonyl (C=O) groups excluding carboxylic acids is 1. The number of carbonyl (C=O) groups is 1. The Morgan fingerprint density at radius 3 is 2.27 bits per heavy atom. The Hall–Kier alpha value is -2.42. The summed E-state index contributed by atoms with van der Waals surface area (Å²) in [5.41, 5.74) is 5.63. The van der Waals surface area contributed by atoms with Crippen molar-refractivity contribution in [1.29, 1.82) is 0 Å². The van der Waals surface area contributed by atoms with Crippen molar-refractivity contribution in [2.45, 2.75) is 32.6 Å². The molecule has 0 unspecified atom stereocenters. The van der Waals surface area contributed by atoms with E-state index in [0.717, 1.165) is 5.56 Å². The molecule has 0 atom stereocenters. The molecule has 3 nitrogen and oxygen atoms in total. The van der Waals surface area contributed by atoms with Gasteiger partial charge in [-0.3, -0.25) is 4.79 Å². The first-order valence-electron chi connectivity index (χ1n) is 7.43. The van der Waals surface area contributed by atoms with E-state index >= 15 is 0 Å². The largest absolute Gasteiger partial charge is 0.271 e. The minimum Gasteiger partial charge on any atom is -0.267 e. The number of hydrazone groups is 1. The van der Waals surface area contributed by atoms with E-state index in [2.05, 4.69) is 31.3 Å². The van der Waals surface area contributed by atoms with Gasteiger partial charge in [0, 0.05) is 18.2 Å². The standard InChI is InChI=1S/C19H22N2O/c1-19(2,3)17-11-9-16(10-12-17)18(22)21-20-14-13-15-7-5-4-6-8-15/h4-12,14H,13H2,1-3H3,(H,21,22)/b20-14-. The van der Waals surface area contributed by atoms with Crippen LogP contribution in [0.2, 0.25) is 0 Å². The SMILES string of the molecule is CC(C)(C)c1ccc(C(=O)N/N=C\Cc2ccccc2)cc1. The third kappa shape index (κ3) is 4.55. The third-order valence-electron chi connectivity index (χ3n) is 3.44. The van der Waals surface area contributed by atoms with Gasteiger partial charge in [0.25, 0.3) is 5.91 Å².